The smallest absolute Gasteiger partial charge is 0.264 e. The minimum absolute atomic E-state index is 0.107. The van der Waals surface area contributed by atoms with Crippen molar-refractivity contribution in [3.8, 4) is 11.5 Å². The molecule has 1 saturated heterocycles. The van der Waals surface area contributed by atoms with Gasteiger partial charge in [0.15, 0.2) is 11.5 Å². The molecule has 0 aliphatic carbocycles. The standard InChI is InChI=1S/C26H29N3O5S/c1-4-34-20-7-5-16(13-21(20)33-3)14-23-26(32)28(2)19-15-18(6-8-22(19)35-23)25(31)29-11-9-17(10-12-29)24(27)30/h5-8,13-15,17H,4,9-12H2,1-3H3,(H2,27,30). The van der Waals surface area contributed by atoms with Gasteiger partial charge >= 0.3 is 0 Å². The van der Waals surface area contributed by atoms with Crippen LogP contribution in [0.2, 0.25) is 0 Å². The van der Waals surface area contributed by atoms with Crippen LogP contribution in [-0.2, 0) is 9.59 Å². The summed E-state index contributed by atoms with van der Waals surface area (Å²) < 4.78 is 11.0. The molecule has 9 heteroatoms. The Balaban J connectivity index is 1.54. The van der Waals surface area contributed by atoms with Crippen LogP contribution >= 0.6 is 11.8 Å². The second-order valence-corrected chi connectivity index (χ2v) is 9.55. The number of nitrogens with two attached hydrogens (primary N) is 1. The van der Waals surface area contributed by atoms with Gasteiger partial charge in [0.1, 0.15) is 0 Å². The monoisotopic (exact) mass is 495 g/mol. The van der Waals surface area contributed by atoms with Crippen molar-refractivity contribution in [3.63, 3.8) is 0 Å². The zero-order chi connectivity index (χ0) is 25.1. The molecule has 0 aromatic heterocycles. The molecule has 2 aliphatic heterocycles. The molecule has 2 heterocycles. The van der Waals surface area contributed by atoms with Crippen LogP contribution in [-0.4, -0.2) is 56.5 Å². The van der Waals surface area contributed by atoms with E-state index in [1.165, 1.54) is 11.8 Å². The minimum atomic E-state index is -0.310. The third-order valence-corrected chi connectivity index (χ3v) is 7.35. The summed E-state index contributed by atoms with van der Waals surface area (Å²) in [5, 5.41) is 0. The van der Waals surface area contributed by atoms with Crippen molar-refractivity contribution >= 4 is 41.2 Å². The molecular formula is C26H29N3O5S. The number of thioether (sulfide) groups is 1. The van der Waals surface area contributed by atoms with Crippen LogP contribution in [0.25, 0.3) is 6.08 Å². The number of ether oxygens (including phenoxy) is 2. The number of hydrogen-bond donors (Lipinski definition) is 1. The normalized spacial score (nSPS) is 17.3. The van der Waals surface area contributed by atoms with Crippen molar-refractivity contribution in [2.45, 2.75) is 24.7 Å². The average Bonchev–Trinajstić information content (AvgIpc) is 2.87. The number of likely N-dealkylation sites (tertiary alicyclic amines) is 1. The fourth-order valence-corrected chi connectivity index (χ4v) is 5.37. The number of carbonyl (C=O) groups is 3. The van der Waals surface area contributed by atoms with Crippen LogP contribution in [0.3, 0.4) is 0 Å². The van der Waals surface area contributed by atoms with Crippen LogP contribution in [0.5, 0.6) is 11.5 Å². The van der Waals surface area contributed by atoms with Gasteiger partial charge in [-0.05, 0) is 61.7 Å². The van der Waals surface area contributed by atoms with E-state index in [1.54, 1.807) is 36.1 Å². The molecule has 2 aromatic rings. The van der Waals surface area contributed by atoms with Crippen molar-refractivity contribution in [1.82, 2.24) is 4.90 Å². The van der Waals surface area contributed by atoms with E-state index < -0.39 is 0 Å². The maximum Gasteiger partial charge on any atom is 0.264 e. The van der Waals surface area contributed by atoms with Gasteiger partial charge in [-0.25, -0.2) is 0 Å². The Morgan fingerprint density at radius 2 is 1.89 bits per heavy atom. The van der Waals surface area contributed by atoms with Gasteiger partial charge < -0.3 is 25.0 Å². The van der Waals surface area contributed by atoms with Crippen LogP contribution in [0.15, 0.2) is 46.2 Å². The number of likely N-dealkylation sites (N-methyl/N-ethyl adjacent to an activating group) is 1. The summed E-state index contributed by atoms with van der Waals surface area (Å²) in [5.41, 5.74) is 7.43. The molecule has 0 unspecified atom stereocenters. The molecule has 0 spiro atoms. The third-order valence-electron chi connectivity index (χ3n) is 6.27. The highest BCUT2D eigenvalue weighted by molar-refractivity contribution is 8.04. The molecule has 8 nitrogen and oxygen atoms in total. The first-order valence-electron chi connectivity index (χ1n) is 11.5. The number of methoxy groups -OCH3 is 1. The highest BCUT2D eigenvalue weighted by Gasteiger charge is 2.30. The molecule has 1 fully saturated rings. The number of hydrogen-bond acceptors (Lipinski definition) is 6. The van der Waals surface area contributed by atoms with Crippen molar-refractivity contribution in [3.05, 3.63) is 52.4 Å². The third kappa shape index (κ3) is 5.14. The Bertz CT molecular complexity index is 1190. The van der Waals surface area contributed by atoms with Gasteiger partial charge in [0.2, 0.25) is 5.91 Å². The van der Waals surface area contributed by atoms with Gasteiger partial charge in [0.25, 0.3) is 11.8 Å². The van der Waals surface area contributed by atoms with Crippen molar-refractivity contribution in [2.75, 3.05) is 38.8 Å². The first-order valence-corrected chi connectivity index (χ1v) is 12.3. The molecule has 2 aliphatic rings. The van der Waals surface area contributed by atoms with Crippen molar-refractivity contribution in [2.24, 2.45) is 11.7 Å². The van der Waals surface area contributed by atoms with Crippen LogP contribution < -0.4 is 20.1 Å². The molecule has 0 radical (unpaired) electrons. The predicted octanol–water partition coefficient (Wildman–Crippen LogP) is 3.54. The molecule has 184 valence electrons. The summed E-state index contributed by atoms with van der Waals surface area (Å²) in [7, 11) is 3.29. The van der Waals surface area contributed by atoms with E-state index in [1.807, 2.05) is 37.3 Å². The van der Waals surface area contributed by atoms with Crippen LogP contribution in [0.4, 0.5) is 5.69 Å². The van der Waals surface area contributed by atoms with Gasteiger partial charge in [-0.1, -0.05) is 17.8 Å². The lowest BCUT2D eigenvalue weighted by atomic mass is 9.96. The fraction of sp³-hybridized carbons (Fsp3) is 0.346. The maximum atomic E-state index is 13.1. The van der Waals surface area contributed by atoms with E-state index in [0.29, 0.717) is 60.2 Å². The number of carbonyl (C=O) groups excluding carboxylic acids is 3. The Kier molecular flexibility index (Phi) is 7.35. The minimum Gasteiger partial charge on any atom is -0.493 e. The number of anilines is 1. The molecule has 0 saturated carbocycles. The number of rotatable bonds is 6. The number of benzene rings is 2. The van der Waals surface area contributed by atoms with Gasteiger partial charge in [-0.3, -0.25) is 14.4 Å². The van der Waals surface area contributed by atoms with Crippen LogP contribution in [0, 0.1) is 5.92 Å². The lowest BCUT2D eigenvalue weighted by Crippen LogP contribution is -2.41. The predicted molar refractivity (Wildman–Crippen MR) is 136 cm³/mol. The molecule has 4 rings (SSSR count). The number of amides is 3. The van der Waals surface area contributed by atoms with Gasteiger partial charge in [0.05, 0.1) is 24.3 Å². The Labute approximate surface area is 209 Å². The molecule has 2 aromatic carbocycles. The van der Waals surface area contributed by atoms with Gasteiger partial charge in [0, 0.05) is 36.5 Å². The molecular weight excluding hydrogens is 466 g/mol. The van der Waals surface area contributed by atoms with E-state index in [2.05, 4.69) is 0 Å². The largest absolute Gasteiger partial charge is 0.493 e. The number of nitrogens with zero attached hydrogens (tertiary/aromatic N) is 2. The summed E-state index contributed by atoms with van der Waals surface area (Å²) in [6.45, 7) is 3.42. The summed E-state index contributed by atoms with van der Waals surface area (Å²) in [5.74, 6) is 0.509. The highest BCUT2D eigenvalue weighted by atomic mass is 32.2. The molecule has 0 atom stereocenters. The zero-order valence-electron chi connectivity index (χ0n) is 20.1. The first kappa shape index (κ1) is 24.7. The second kappa shape index (κ2) is 10.4. The fourth-order valence-electron chi connectivity index (χ4n) is 4.28. The zero-order valence-corrected chi connectivity index (χ0v) is 20.9. The summed E-state index contributed by atoms with van der Waals surface area (Å²) >= 11 is 1.37. The summed E-state index contributed by atoms with van der Waals surface area (Å²) in [4.78, 5) is 42.4. The van der Waals surface area contributed by atoms with E-state index >= 15 is 0 Å². The molecule has 3 amide bonds. The van der Waals surface area contributed by atoms with E-state index in [9.17, 15) is 14.4 Å². The lowest BCUT2D eigenvalue weighted by Gasteiger charge is -2.31. The summed E-state index contributed by atoms with van der Waals surface area (Å²) in [6.07, 6.45) is 2.97. The van der Waals surface area contributed by atoms with Gasteiger partial charge in [-0.2, -0.15) is 0 Å². The average molecular weight is 496 g/mol. The Hall–Kier alpha value is -3.46. The molecule has 0 bridgehead atoms. The number of piperidine rings is 1. The number of fused-ring (bicyclic) bond motifs is 1. The maximum absolute atomic E-state index is 13.1. The molecule has 35 heavy (non-hydrogen) atoms. The first-order chi connectivity index (χ1) is 16.8. The highest BCUT2D eigenvalue weighted by Crippen LogP contribution is 2.42. The van der Waals surface area contributed by atoms with Crippen molar-refractivity contribution < 1.29 is 23.9 Å². The SMILES string of the molecule is CCOc1ccc(C=C2Sc3ccc(C(=O)N4CCC(C(N)=O)CC4)cc3N(C)C2=O)cc1OC. The Morgan fingerprint density at radius 3 is 2.54 bits per heavy atom. The quantitative estimate of drug-likeness (QED) is 0.615. The number of primary amides is 1. The summed E-state index contributed by atoms with van der Waals surface area (Å²) in [6, 6.07) is 11.0. The topological polar surface area (TPSA) is 102 Å². The van der Waals surface area contributed by atoms with E-state index in [-0.39, 0.29) is 23.6 Å². The van der Waals surface area contributed by atoms with E-state index in [0.717, 1.165) is 10.5 Å². The molecule has 2 N–H and O–H groups in total. The van der Waals surface area contributed by atoms with Crippen LogP contribution in [0.1, 0.15) is 35.7 Å². The van der Waals surface area contributed by atoms with E-state index in [4.69, 9.17) is 15.2 Å². The Morgan fingerprint density at radius 1 is 1.14 bits per heavy atom. The van der Waals surface area contributed by atoms with Crippen molar-refractivity contribution in [1.29, 1.82) is 0 Å². The lowest BCUT2D eigenvalue weighted by molar-refractivity contribution is -0.123. The van der Waals surface area contributed by atoms with Gasteiger partial charge in [-0.15, -0.1) is 0 Å². The second-order valence-electron chi connectivity index (χ2n) is 8.47.